The van der Waals surface area contributed by atoms with Gasteiger partial charge >= 0.3 is 0 Å². The molecule has 0 aliphatic heterocycles. The molecule has 0 fully saturated rings. The van der Waals surface area contributed by atoms with E-state index in [2.05, 4.69) is 123 Å². The molecule has 9 aromatic rings. The standard InChI is InChI=1S/C44H29F2N3/c45-32-20-26-36(27-21-32)48-39-15-8-7-14-38(39)42-43-40(16-9-17-41(43)49(44(42)48)37-28-22-33(46)23-29-37)47(34-12-5-2-6-13-34)35-24-18-31(19-25-35)30-10-3-1-4-11-30/h1-29H. The first-order chi connectivity index (χ1) is 24.2. The van der Waals surface area contributed by atoms with E-state index in [9.17, 15) is 8.78 Å². The molecule has 0 radical (unpaired) electrons. The maximum absolute atomic E-state index is 14.3. The van der Waals surface area contributed by atoms with Crippen molar-refractivity contribution in [2.45, 2.75) is 0 Å². The number of nitrogens with zero attached hydrogens (tertiary/aromatic N) is 3. The van der Waals surface area contributed by atoms with Gasteiger partial charge in [0, 0.05) is 38.9 Å². The lowest BCUT2D eigenvalue weighted by Crippen LogP contribution is -2.10. The smallest absolute Gasteiger partial charge is 0.131 e. The summed E-state index contributed by atoms with van der Waals surface area (Å²) in [6, 6.07) is 57.3. The van der Waals surface area contributed by atoms with Gasteiger partial charge in [-0.15, -0.1) is 0 Å². The molecule has 0 saturated carbocycles. The minimum absolute atomic E-state index is 0.297. The van der Waals surface area contributed by atoms with Crippen LogP contribution < -0.4 is 4.90 Å². The minimum atomic E-state index is -0.301. The fourth-order valence-corrected chi connectivity index (χ4v) is 7.10. The number of rotatable bonds is 6. The van der Waals surface area contributed by atoms with Gasteiger partial charge in [-0.3, -0.25) is 9.13 Å². The van der Waals surface area contributed by atoms with Gasteiger partial charge in [0.15, 0.2) is 0 Å². The van der Waals surface area contributed by atoms with Crippen LogP contribution in [0.2, 0.25) is 0 Å². The van der Waals surface area contributed by atoms with Gasteiger partial charge in [0.1, 0.15) is 17.3 Å². The molecule has 3 nitrogen and oxygen atoms in total. The van der Waals surface area contributed by atoms with E-state index in [4.69, 9.17) is 0 Å². The Morgan fingerprint density at radius 3 is 1.55 bits per heavy atom. The van der Waals surface area contributed by atoms with E-state index >= 15 is 0 Å². The summed E-state index contributed by atoms with van der Waals surface area (Å²) in [6.45, 7) is 0. The molecule has 49 heavy (non-hydrogen) atoms. The highest BCUT2D eigenvalue weighted by Gasteiger charge is 2.26. The number of hydrogen-bond acceptors (Lipinski definition) is 1. The highest BCUT2D eigenvalue weighted by Crippen LogP contribution is 2.47. The summed E-state index contributed by atoms with van der Waals surface area (Å²) < 4.78 is 32.9. The lowest BCUT2D eigenvalue weighted by Gasteiger charge is -2.26. The largest absolute Gasteiger partial charge is 0.310 e. The Morgan fingerprint density at radius 1 is 0.388 bits per heavy atom. The summed E-state index contributed by atoms with van der Waals surface area (Å²) >= 11 is 0. The summed E-state index contributed by atoms with van der Waals surface area (Å²) in [5.74, 6) is -0.597. The first-order valence-corrected chi connectivity index (χ1v) is 16.2. The Morgan fingerprint density at radius 2 is 0.898 bits per heavy atom. The highest BCUT2D eigenvalue weighted by atomic mass is 19.1. The average Bonchev–Trinajstić information content (AvgIpc) is 3.67. The number of benzene rings is 7. The third-order valence-corrected chi connectivity index (χ3v) is 9.23. The molecule has 2 heterocycles. The van der Waals surface area contributed by atoms with Crippen LogP contribution in [0.3, 0.4) is 0 Å². The second-order valence-corrected chi connectivity index (χ2v) is 12.1. The van der Waals surface area contributed by atoms with E-state index < -0.39 is 0 Å². The first kappa shape index (κ1) is 28.7. The van der Waals surface area contributed by atoms with Crippen LogP contribution >= 0.6 is 0 Å². The normalized spacial score (nSPS) is 11.5. The summed E-state index contributed by atoms with van der Waals surface area (Å²) in [4.78, 5) is 2.30. The van der Waals surface area contributed by atoms with Crippen molar-refractivity contribution in [1.82, 2.24) is 9.13 Å². The Hall–Kier alpha value is -6.46. The van der Waals surface area contributed by atoms with Crippen LogP contribution in [0.4, 0.5) is 25.8 Å². The van der Waals surface area contributed by atoms with Crippen LogP contribution in [-0.4, -0.2) is 9.13 Å². The zero-order chi connectivity index (χ0) is 32.9. The Kier molecular flexibility index (Phi) is 6.83. The quantitative estimate of drug-likeness (QED) is 0.177. The molecule has 0 bridgehead atoms. The number of para-hydroxylation sites is 2. The molecule has 9 rings (SSSR count). The zero-order valence-electron chi connectivity index (χ0n) is 26.3. The lowest BCUT2D eigenvalue weighted by atomic mass is 10.0. The Balaban J connectivity index is 1.40. The van der Waals surface area contributed by atoms with Crippen LogP contribution in [0, 0.1) is 11.6 Å². The number of halogens is 2. The number of fused-ring (bicyclic) bond motifs is 5. The fraction of sp³-hybridized carbons (Fsp3) is 0. The topological polar surface area (TPSA) is 13.1 Å². The van der Waals surface area contributed by atoms with Crippen molar-refractivity contribution >= 4 is 49.9 Å². The van der Waals surface area contributed by atoms with E-state index in [-0.39, 0.29) is 11.6 Å². The van der Waals surface area contributed by atoms with Gasteiger partial charge in [-0.05, 0) is 102 Å². The summed E-state index contributed by atoms with van der Waals surface area (Å²) in [5, 5.41) is 3.17. The molecule has 5 heteroatoms. The molecule has 0 atom stereocenters. The van der Waals surface area contributed by atoms with Crippen LogP contribution in [0.15, 0.2) is 176 Å². The van der Waals surface area contributed by atoms with E-state index in [1.807, 2.05) is 30.3 Å². The number of hydrogen-bond donors (Lipinski definition) is 0. The molecule has 0 aliphatic rings. The SMILES string of the molecule is Fc1ccc(-n2c3ccccc3c3c4c(N(c5ccccc5)c5ccc(-c6ccccc6)cc5)cccc4n(-c4ccc(F)cc4)c32)cc1. The van der Waals surface area contributed by atoms with Gasteiger partial charge in [-0.1, -0.05) is 84.9 Å². The van der Waals surface area contributed by atoms with Crippen LogP contribution in [0.5, 0.6) is 0 Å². The molecule has 0 saturated heterocycles. The summed E-state index contributed by atoms with van der Waals surface area (Å²) in [6.07, 6.45) is 0. The van der Waals surface area contributed by atoms with Crippen molar-refractivity contribution < 1.29 is 8.78 Å². The lowest BCUT2D eigenvalue weighted by molar-refractivity contribution is 0.627. The van der Waals surface area contributed by atoms with Gasteiger partial charge in [0.05, 0.1) is 16.7 Å². The third-order valence-electron chi connectivity index (χ3n) is 9.23. The molecule has 0 unspecified atom stereocenters. The molecule has 0 aliphatic carbocycles. The second kappa shape index (κ2) is 11.7. The van der Waals surface area contributed by atoms with Crippen molar-refractivity contribution in [3.05, 3.63) is 188 Å². The third kappa shape index (κ3) is 4.78. The van der Waals surface area contributed by atoms with Crippen molar-refractivity contribution in [3.8, 4) is 22.5 Å². The predicted molar refractivity (Wildman–Crippen MR) is 198 cm³/mol. The fourth-order valence-electron chi connectivity index (χ4n) is 7.10. The monoisotopic (exact) mass is 637 g/mol. The summed E-state index contributed by atoms with van der Waals surface area (Å²) in [5.41, 5.74) is 9.87. The van der Waals surface area contributed by atoms with Gasteiger partial charge in [-0.2, -0.15) is 0 Å². The van der Waals surface area contributed by atoms with Crippen LogP contribution in [0.25, 0.3) is 55.3 Å². The van der Waals surface area contributed by atoms with Crippen molar-refractivity contribution in [2.24, 2.45) is 0 Å². The van der Waals surface area contributed by atoms with Crippen molar-refractivity contribution in [3.63, 3.8) is 0 Å². The molecular weight excluding hydrogens is 609 g/mol. The average molecular weight is 638 g/mol. The molecule has 0 amide bonds. The predicted octanol–water partition coefficient (Wildman–Crippen LogP) is 12.1. The van der Waals surface area contributed by atoms with Crippen LogP contribution in [-0.2, 0) is 0 Å². The number of anilines is 3. The maximum atomic E-state index is 14.3. The Bertz CT molecular complexity index is 2590. The molecule has 2 aromatic heterocycles. The van der Waals surface area contributed by atoms with Crippen molar-refractivity contribution in [2.75, 3.05) is 4.90 Å². The van der Waals surface area contributed by atoms with Gasteiger partial charge in [-0.25, -0.2) is 8.78 Å². The Labute approximate surface area is 282 Å². The molecule has 234 valence electrons. The van der Waals surface area contributed by atoms with E-state index in [0.29, 0.717) is 0 Å². The second-order valence-electron chi connectivity index (χ2n) is 12.1. The van der Waals surface area contributed by atoms with E-state index in [0.717, 1.165) is 72.4 Å². The maximum Gasteiger partial charge on any atom is 0.131 e. The van der Waals surface area contributed by atoms with Crippen LogP contribution in [0.1, 0.15) is 0 Å². The molecular formula is C44H29F2N3. The van der Waals surface area contributed by atoms with Gasteiger partial charge < -0.3 is 4.90 Å². The first-order valence-electron chi connectivity index (χ1n) is 16.2. The number of aromatic nitrogens is 2. The van der Waals surface area contributed by atoms with E-state index in [1.54, 1.807) is 12.1 Å². The molecule has 0 spiro atoms. The van der Waals surface area contributed by atoms with Gasteiger partial charge in [0.25, 0.3) is 0 Å². The van der Waals surface area contributed by atoms with Gasteiger partial charge in [0.2, 0.25) is 0 Å². The minimum Gasteiger partial charge on any atom is -0.310 e. The zero-order valence-corrected chi connectivity index (χ0v) is 26.3. The summed E-state index contributed by atoms with van der Waals surface area (Å²) in [7, 11) is 0. The van der Waals surface area contributed by atoms with E-state index in [1.165, 1.54) is 24.3 Å². The highest BCUT2D eigenvalue weighted by molar-refractivity contribution is 6.26. The molecule has 0 N–H and O–H groups in total. The van der Waals surface area contributed by atoms with Crippen molar-refractivity contribution in [1.29, 1.82) is 0 Å². The molecule has 7 aromatic carbocycles.